The molecule has 0 radical (unpaired) electrons. The van der Waals surface area contributed by atoms with Crippen LogP contribution in [-0.2, 0) is 0 Å². The standard InChI is InChI=1S/C11H13NO/c1-2-7-11-9(5-1)10-6-3-4-8-12(10)13-11/h1-2,5,7,10H,3-4,6,8H2. The van der Waals surface area contributed by atoms with Gasteiger partial charge in [-0.15, -0.1) is 5.06 Å². The molecule has 1 aromatic carbocycles. The summed E-state index contributed by atoms with van der Waals surface area (Å²) in [5.74, 6) is 1.06. The van der Waals surface area contributed by atoms with E-state index in [0.29, 0.717) is 6.04 Å². The van der Waals surface area contributed by atoms with E-state index in [9.17, 15) is 0 Å². The third-order valence-corrected chi connectivity index (χ3v) is 2.95. The Hall–Kier alpha value is -1.02. The Kier molecular flexibility index (Phi) is 1.56. The summed E-state index contributed by atoms with van der Waals surface area (Å²) in [4.78, 5) is 5.74. The van der Waals surface area contributed by atoms with Gasteiger partial charge in [-0.05, 0) is 18.9 Å². The number of hydrogen-bond acceptors (Lipinski definition) is 2. The zero-order chi connectivity index (χ0) is 8.67. The highest BCUT2D eigenvalue weighted by Gasteiger charge is 2.33. The summed E-state index contributed by atoms with van der Waals surface area (Å²) >= 11 is 0. The fourth-order valence-electron chi connectivity index (χ4n) is 2.29. The molecule has 2 heteroatoms. The molecule has 0 saturated carbocycles. The van der Waals surface area contributed by atoms with E-state index in [-0.39, 0.29) is 0 Å². The molecule has 68 valence electrons. The van der Waals surface area contributed by atoms with Crippen molar-refractivity contribution in [2.24, 2.45) is 0 Å². The summed E-state index contributed by atoms with van der Waals surface area (Å²) in [6, 6.07) is 8.92. The Bertz CT molecular complexity index is 324. The van der Waals surface area contributed by atoms with Crippen molar-refractivity contribution in [3.05, 3.63) is 29.8 Å². The minimum absolute atomic E-state index is 0.532. The van der Waals surface area contributed by atoms with E-state index in [2.05, 4.69) is 23.3 Å². The second-order valence-corrected chi connectivity index (χ2v) is 3.78. The monoisotopic (exact) mass is 175 g/mol. The highest BCUT2D eigenvalue weighted by molar-refractivity contribution is 5.38. The Morgan fingerprint density at radius 2 is 2.15 bits per heavy atom. The zero-order valence-electron chi connectivity index (χ0n) is 7.57. The number of para-hydroxylation sites is 1. The van der Waals surface area contributed by atoms with Gasteiger partial charge in [0.2, 0.25) is 0 Å². The van der Waals surface area contributed by atoms with Gasteiger partial charge in [-0.25, -0.2) is 0 Å². The number of rotatable bonds is 0. The van der Waals surface area contributed by atoms with Crippen molar-refractivity contribution in [1.82, 2.24) is 5.06 Å². The number of piperidine rings is 1. The molecule has 3 rings (SSSR count). The maximum atomic E-state index is 5.74. The molecule has 2 heterocycles. The Morgan fingerprint density at radius 3 is 3.15 bits per heavy atom. The van der Waals surface area contributed by atoms with Crippen LogP contribution in [0.5, 0.6) is 5.75 Å². The van der Waals surface area contributed by atoms with Gasteiger partial charge in [-0.1, -0.05) is 24.6 Å². The van der Waals surface area contributed by atoms with Crippen LogP contribution in [-0.4, -0.2) is 11.6 Å². The fourth-order valence-corrected chi connectivity index (χ4v) is 2.29. The maximum absolute atomic E-state index is 5.74. The molecule has 0 spiro atoms. The number of fused-ring (bicyclic) bond motifs is 3. The molecule has 0 aromatic heterocycles. The van der Waals surface area contributed by atoms with E-state index in [1.807, 2.05) is 6.07 Å². The van der Waals surface area contributed by atoms with Gasteiger partial charge in [0.15, 0.2) is 5.75 Å². The van der Waals surface area contributed by atoms with Gasteiger partial charge >= 0.3 is 0 Å². The largest absolute Gasteiger partial charge is 0.405 e. The molecule has 1 aromatic rings. The summed E-state index contributed by atoms with van der Waals surface area (Å²) in [7, 11) is 0. The van der Waals surface area contributed by atoms with Crippen LogP contribution in [0.25, 0.3) is 0 Å². The van der Waals surface area contributed by atoms with E-state index in [0.717, 1.165) is 12.3 Å². The molecule has 0 amide bonds. The average Bonchev–Trinajstić information content (AvgIpc) is 2.56. The third-order valence-electron chi connectivity index (χ3n) is 2.95. The van der Waals surface area contributed by atoms with E-state index >= 15 is 0 Å². The minimum atomic E-state index is 0.532. The van der Waals surface area contributed by atoms with Gasteiger partial charge < -0.3 is 4.84 Å². The Morgan fingerprint density at radius 1 is 1.23 bits per heavy atom. The number of hydrogen-bond donors (Lipinski definition) is 0. The first-order valence-corrected chi connectivity index (χ1v) is 4.99. The van der Waals surface area contributed by atoms with Gasteiger partial charge in [0.25, 0.3) is 0 Å². The Balaban J connectivity index is 2.01. The topological polar surface area (TPSA) is 12.5 Å². The lowest BCUT2D eigenvalue weighted by atomic mass is 9.98. The van der Waals surface area contributed by atoms with Gasteiger partial charge in [0, 0.05) is 12.1 Å². The molecule has 1 fully saturated rings. The minimum Gasteiger partial charge on any atom is -0.405 e. The molecule has 13 heavy (non-hydrogen) atoms. The Labute approximate surface area is 78.1 Å². The molecule has 0 aliphatic carbocycles. The van der Waals surface area contributed by atoms with E-state index in [1.165, 1.54) is 24.8 Å². The fraction of sp³-hybridized carbons (Fsp3) is 0.455. The lowest BCUT2D eigenvalue weighted by Crippen LogP contribution is -2.30. The van der Waals surface area contributed by atoms with Crippen LogP contribution in [0.3, 0.4) is 0 Å². The number of benzene rings is 1. The summed E-state index contributed by atoms with van der Waals surface area (Å²) in [5, 5.41) is 2.13. The lowest BCUT2D eigenvalue weighted by molar-refractivity contribution is -0.0878. The molecule has 2 nitrogen and oxygen atoms in total. The molecule has 0 bridgehead atoms. The van der Waals surface area contributed by atoms with Crippen LogP contribution in [0.2, 0.25) is 0 Å². The van der Waals surface area contributed by atoms with Crippen molar-refractivity contribution < 1.29 is 4.84 Å². The van der Waals surface area contributed by atoms with Gasteiger partial charge in [-0.2, -0.15) is 0 Å². The summed E-state index contributed by atoms with van der Waals surface area (Å²) in [5.41, 5.74) is 1.38. The molecular formula is C11H13NO. The summed E-state index contributed by atoms with van der Waals surface area (Å²) < 4.78 is 0. The van der Waals surface area contributed by atoms with E-state index in [4.69, 9.17) is 4.84 Å². The smallest absolute Gasteiger partial charge is 0.152 e. The number of nitrogens with zero attached hydrogens (tertiary/aromatic N) is 1. The molecule has 1 saturated heterocycles. The van der Waals surface area contributed by atoms with Crippen molar-refractivity contribution in [3.8, 4) is 5.75 Å². The summed E-state index contributed by atoms with van der Waals surface area (Å²) in [6.45, 7) is 1.08. The van der Waals surface area contributed by atoms with E-state index in [1.54, 1.807) is 0 Å². The van der Waals surface area contributed by atoms with Crippen LogP contribution in [0.15, 0.2) is 24.3 Å². The highest BCUT2D eigenvalue weighted by atomic mass is 16.7. The predicted octanol–water partition coefficient (Wildman–Crippen LogP) is 2.52. The molecule has 2 aliphatic rings. The first-order chi connectivity index (χ1) is 6.45. The van der Waals surface area contributed by atoms with Crippen molar-refractivity contribution in [2.45, 2.75) is 25.3 Å². The second-order valence-electron chi connectivity index (χ2n) is 3.78. The predicted molar refractivity (Wildman–Crippen MR) is 50.4 cm³/mol. The van der Waals surface area contributed by atoms with Gasteiger partial charge in [0.05, 0.1) is 6.04 Å². The van der Waals surface area contributed by atoms with Crippen LogP contribution in [0.4, 0.5) is 0 Å². The maximum Gasteiger partial charge on any atom is 0.152 e. The van der Waals surface area contributed by atoms with Crippen LogP contribution < -0.4 is 4.84 Å². The molecule has 1 atom stereocenters. The zero-order valence-corrected chi connectivity index (χ0v) is 7.57. The lowest BCUT2D eigenvalue weighted by Gasteiger charge is -2.26. The number of hydroxylamine groups is 2. The van der Waals surface area contributed by atoms with Crippen molar-refractivity contribution in [1.29, 1.82) is 0 Å². The molecule has 1 unspecified atom stereocenters. The van der Waals surface area contributed by atoms with E-state index < -0.39 is 0 Å². The third kappa shape index (κ3) is 1.05. The summed E-state index contributed by atoms with van der Waals surface area (Å²) in [6.07, 6.45) is 3.85. The van der Waals surface area contributed by atoms with Gasteiger partial charge in [-0.3, -0.25) is 0 Å². The van der Waals surface area contributed by atoms with Crippen LogP contribution in [0.1, 0.15) is 30.9 Å². The van der Waals surface area contributed by atoms with Crippen molar-refractivity contribution >= 4 is 0 Å². The van der Waals surface area contributed by atoms with Crippen LogP contribution in [0, 0.1) is 0 Å². The first-order valence-electron chi connectivity index (χ1n) is 4.99. The normalized spacial score (nSPS) is 26.3. The highest BCUT2D eigenvalue weighted by Crippen LogP contribution is 2.41. The molecule has 2 aliphatic heterocycles. The second kappa shape index (κ2) is 2.74. The van der Waals surface area contributed by atoms with Gasteiger partial charge in [0.1, 0.15) is 0 Å². The van der Waals surface area contributed by atoms with Crippen molar-refractivity contribution in [2.75, 3.05) is 6.54 Å². The SMILES string of the molecule is c1ccc2c(c1)ON1CCCCC21. The first kappa shape index (κ1) is 7.39. The molecular weight excluding hydrogens is 162 g/mol. The van der Waals surface area contributed by atoms with Crippen molar-refractivity contribution in [3.63, 3.8) is 0 Å². The average molecular weight is 175 g/mol. The van der Waals surface area contributed by atoms with Crippen LogP contribution >= 0.6 is 0 Å². The molecule has 0 N–H and O–H groups in total. The quantitative estimate of drug-likeness (QED) is 0.600.